The number of nitrogens with one attached hydrogen (secondary N) is 2. The molecule has 1 aliphatic heterocycles. The van der Waals surface area contributed by atoms with Crippen molar-refractivity contribution in [2.75, 3.05) is 19.7 Å². The summed E-state index contributed by atoms with van der Waals surface area (Å²) in [6.07, 6.45) is 2.69. The van der Waals surface area contributed by atoms with Crippen LogP contribution in [-0.4, -0.2) is 31.8 Å². The van der Waals surface area contributed by atoms with Crippen LogP contribution >= 0.6 is 0 Å². The van der Waals surface area contributed by atoms with Crippen LogP contribution in [0.4, 0.5) is 0 Å². The minimum absolute atomic E-state index is 0.240. The molecule has 1 aromatic carbocycles. The smallest absolute Gasteiger partial charge is 0.0655 e. The predicted molar refractivity (Wildman–Crippen MR) is 86.5 cm³/mol. The van der Waals surface area contributed by atoms with Crippen molar-refractivity contribution in [3.05, 3.63) is 35.4 Å². The van der Waals surface area contributed by atoms with Crippen LogP contribution in [0.3, 0.4) is 0 Å². The van der Waals surface area contributed by atoms with Crippen LogP contribution in [0.2, 0.25) is 0 Å². The van der Waals surface area contributed by atoms with E-state index in [0.717, 1.165) is 32.5 Å². The zero-order valence-electron chi connectivity index (χ0n) is 13.5. The van der Waals surface area contributed by atoms with Gasteiger partial charge in [0.05, 0.1) is 6.10 Å². The molecule has 0 aromatic heterocycles. The Morgan fingerprint density at radius 2 is 2.14 bits per heavy atom. The maximum Gasteiger partial charge on any atom is 0.0655 e. The van der Waals surface area contributed by atoms with Crippen molar-refractivity contribution in [2.24, 2.45) is 5.41 Å². The first-order valence-electron chi connectivity index (χ1n) is 8.29. The van der Waals surface area contributed by atoms with Crippen molar-refractivity contribution in [1.82, 2.24) is 10.6 Å². The number of fused-ring (bicyclic) bond motifs is 1. The lowest BCUT2D eigenvalue weighted by Gasteiger charge is -2.52. The minimum atomic E-state index is 0.240. The lowest BCUT2D eigenvalue weighted by atomic mass is 9.64. The van der Waals surface area contributed by atoms with Gasteiger partial charge in [-0.2, -0.15) is 0 Å². The van der Waals surface area contributed by atoms with E-state index in [1.807, 2.05) is 0 Å². The molecule has 1 saturated carbocycles. The molecule has 3 unspecified atom stereocenters. The quantitative estimate of drug-likeness (QED) is 0.874. The Morgan fingerprint density at radius 1 is 1.33 bits per heavy atom. The fourth-order valence-electron chi connectivity index (χ4n) is 3.75. The summed E-state index contributed by atoms with van der Waals surface area (Å²) in [4.78, 5) is 0. The van der Waals surface area contributed by atoms with Gasteiger partial charge in [0, 0.05) is 30.7 Å². The molecule has 0 saturated heterocycles. The SMILES string of the molecule is CCOC1CC(NCC2NCCc3ccccc32)C1(C)C. The molecule has 2 N–H and O–H groups in total. The number of rotatable bonds is 5. The molecule has 1 heterocycles. The van der Waals surface area contributed by atoms with E-state index in [1.54, 1.807) is 0 Å². The lowest BCUT2D eigenvalue weighted by molar-refractivity contribution is -0.114. The summed E-state index contributed by atoms with van der Waals surface area (Å²) in [5.41, 5.74) is 3.21. The molecule has 0 spiro atoms. The van der Waals surface area contributed by atoms with Gasteiger partial charge in [-0.15, -0.1) is 0 Å². The van der Waals surface area contributed by atoms with Crippen LogP contribution in [0.25, 0.3) is 0 Å². The fourth-order valence-corrected chi connectivity index (χ4v) is 3.75. The van der Waals surface area contributed by atoms with Gasteiger partial charge >= 0.3 is 0 Å². The second-order valence-corrected chi connectivity index (χ2v) is 6.92. The van der Waals surface area contributed by atoms with Crippen LogP contribution in [0.5, 0.6) is 0 Å². The minimum Gasteiger partial charge on any atom is -0.378 e. The maximum absolute atomic E-state index is 5.82. The Balaban J connectivity index is 1.58. The van der Waals surface area contributed by atoms with E-state index < -0.39 is 0 Å². The first kappa shape index (κ1) is 15.0. The predicted octanol–water partition coefficient (Wildman–Crippen LogP) is 2.67. The standard InChI is InChI=1S/C18H28N2O/c1-4-21-17-11-16(18(17,2)3)20-12-15-14-8-6-5-7-13(14)9-10-19-15/h5-8,15-17,19-20H,4,9-12H2,1-3H3. The van der Waals surface area contributed by atoms with Crippen molar-refractivity contribution < 1.29 is 4.74 Å². The van der Waals surface area contributed by atoms with Gasteiger partial charge in [-0.05, 0) is 37.4 Å². The van der Waals surface area contributed by atoms with Crippen LogP contribution in [-0.2, 0) is 11.2 Å². The Morgan fingerprint density at radius 3 is 2.90 bits per heavy atom. The van der Waals surface area contributed by atoms with E-state index >= 15 is 0 Å². The molecule has 0 bridgehead atoms. The van der Waals surface area contributed by atoms with Crippen molar-refractivity contribution in [3.8, 4) is 0 Å². The summed E-state index contributed by atoms with van der Waals surface area (Å²) >= 11 is 0. The summed E-state index contributed by atoms with van der Waals surface area (Å²) in [6.45, 7) is 9.62. The Labute approximate surface area is 128 Å². The highest BCUT2D eigenvalue weighted by Gasteiger charge is 2.48. The van der Waals surface area contributed by atoms with Gasteiger partial charge in [0.15, 0.2) is 0 Å². The Hall–Kier alpha value is -0.900. The van der Waals surface area contributed by atoms with E-state index in [1.165, 1.54) is 11.1 Å². The third-order valence-corrected chi connectivity index (χ3v) is 5.33. The van der Waals surface area contributed by atoms with Crippen LogP contribution < -0.4 is 10.6 Å². The zero-order chi connectivity index (χ0) is 14.9. The topological polar surface area (TPSA) is 33.3 Å². The van der Waals surface area contributed by atoms with Gasteiger partial charge in [0.1, 0.15) is 0 Å². The van der Waals surface area contributed by atoms with Gasteiger partial charge in [0.25, 0.3) is 0 Å². The molecule has 3 heteroatoms. The van der Waals surface area contributed by atoms with Gasteiger partial charge in [-0.3, -0.25) is 0 Å². The summed E-state index contributed by atoms with van der Waals surface area (Å²) in [6, 6.07) is 9.83. The largest absolute Gasteiger partial charge is 0.378 e. The van der Waals surface area contributed by atoms with E-state index in [0.29, 0.717) is 18.2 Å². The van der Waals surface area contributed by atoms with Crippen molar-refractivity contribution in [1.29, 1.82) is 0 Å². The number of hydrogen-bond acceptors (Lipinski definition) is 3. The fraction of sp³-hybridized carbons (Fsp3) is 0.667. The number of ether oxygens (including phenoxy) is 1. The highest BCUT2D eigenvalue weighted by molar-refractivity contribution is 5.32. The monoisotopic (exact) mass is 288 g/mol. The molecular weight excluding hydrogens is 260 g/mol. The van der Waals surface area contributed by atoms with Crippen LogP contribution in [0.1, 0.15) is 44.4 Å². The molecule has 3 atom stereocenters. The van der Waals surface area contributed by atoms with Crippen LogP contribution in [0, 0.1) is 5.41 Å². The average Bonchev–Trinajstić information content (AvgIpc) is 2.50. The molecule has 1 aromatic rings. The molecule has 21 heavy (non-hydrogen) atoms. The van der Waals surface area contributed by atoms with Crippen molar-refractivity contribution in [2.45, 2.75) is 51.8 Å². The van der Waals surface area contributed by atoms with Gasteiger partial charge in [-0.1, -0.05) is 38.1 Å². The van der Waals surface area contributed by atoms with E-state index in [9.17, 15) is 0 Å². The second kappa shape index (κ2) is 6.07. The van der Waals surface area contributed by atoms with Crippen molar-refractivity contribution >= 4 is 0 Å². The van der Waals surface area contributed by atoms with E-state index in [4.69, 9.17) is 4.74 Å². The number of hydrogen-bond donors (Lipinski definition) is 2. The van der Waals surface area contributed by atoms with Crippen molar-refractivity contribution in [3.63, 3.8) is 0 Å². The Kier molecular flexibility index (Phi) is 4.34. The molecule has 0 amide bonds. The Bertz CT molecular complexity index is 486. The summed E-state index contributed by atoms with van der Waals surface area (Å²) in [5.74, 6) is 0. The molecule has 1 fully saturated rings. The molecule has 3 nitrogen and oxygen atoms in total. The zero-order valence-corrected chi connectivity index (χ0v) is 13.5. The molecule has 3 rings (SSSR count). The van der Waals surface area contributed by atoms with Gasteiger partial charge < -0.3 is 15.4 Å². The first-order valence-corrected chi connectivity index (χ1v) is 8.29. The molecule has 0 radical (unpaired) electrons. The van der Waals surface area contributed by atoms with E-state index in [-0.39, 0.29) is 5.41 Å². The summed E-state index contributed by atoms with van der Waals surface area (Å²) < 4.78 is 5.82. The molecule has 116 valence electrons. The van der Waals surface area contributed by atoms with Gasteiger partial charge in [0.2, 0.25) is 0 Å². The third kappa shape index (κ3) is 2.87. The summed E-state index contributed by atoms with van der Waals surface area (Å²) in [7, 11) is 0. The van der Waals surface area contributed by atoms with Gasteiger partial charge in [-0.25, -0.2) is 0 Å². The average molecular weight is 288 g/mol. The summed E-state index contributed by atoms with van der Waals surface area (Å²) in [5, 5.41) is 7.41. The highest BCUT2D eigenvalue weighted by Crippen LogP contribution is 2.42. The molecule has 2 aliphatic rings. The first-order chi connectivity index (χ1) is 10.1. The second-order valence-electron chi connectivity index (χ2n) is 6.92. The third-order valence-electron chi connectivity index (χ3n) is 5.33. The maximum atomic E-state index is 5.82. The lowest BCUT2D eigenvalue weighted by Crippen LogP contribution is -2.61. The normalized spacial score (nSPS) is 30.5. The van der Waals surface area contributed by atoms with E-state index in [2.05, 4.69) is 55.7 Å². The number of benzene rings is 1. The van der Waals surface area contributed by atoms with Crippen LogP contribution in [0.15, 0.2) is 24.3 Å². The molecular formula is C18H28N2O. The highest BCUT2D eigenvalue weighted by atomic mass is 16.5. The molecule has 1 aliphatic carbocycles.